The van der Waals surface area contributed by atoms with Crippen molar-refractivity contribution >= 4 is 23.8 Å². The highest BCUT2D eigenvalue weighted by molar-refractivity contribution is 7.86. The van der Waals surface area contributed by atoms with Gasteiger partial charge in [-0.25, -0.2) is 26.3 Å². The zero-order valence-corrected chi connectivity index (χ0v) is 26.1. The van der Waals surface area contributed by atoms with Crippen LogP contribution in [0.2, 0.25) is 0 Å². The first-order valence-electron chi connectivity index (χ1n) is 14.8. The van der Waals surface area contributed by atoms with Crippen LogP contribution >= 0.6 is 7.82 Å². The second-order valence-corrected chi connectivity index (χ2v) is 16.7. The normalized spacial score (nSPS) is 38.2. The Morgan fingerprint density at radius 2 is 1.69 bits per heavy atom. The van der Waals surface area contributed by atoms with Crippen LogP contribution in [-0.4, -0.2) is 55.0 Å². The molecule has 0 aromatic carbocycles. The molecule has 4 aliphatic carbocycles. The number of hydrogen-bond acceptors (Lipinski definition) is 6. The Balaban J connectivity index is 1.31. The number of phosphoric ester groups is 1. The molecule has 1 amide bonds. The fourth-order valence-electron chi connectivity index (χ4n) is 9.24. The summed E-state index contributed by atoms with van der Waals surface area (Å²) < 4.78 is 103. The van der Waals surface area contributed by atoms with Crippen molar-refractivity contribution in [1.82, 2.24) is 5.32 Å². The topological polar surface area (TPSA) is 139 Å². The smallest absolute Gasteiger partial charge is 0.355 e. The van der Waals surface area contributed by atoms with Crippen LogP contribution in [0.1, 0.15) is 85.0 Å². The Hall–Kier alpha value is -0.790. The lowest BCUT2D eigenvalue weighted by atomic mass is 9.43. The maximum absolute atomic E-state index is 15.9. The zero-order valence-electron chi connectivity index (χ0n) is 24.4. The van der Waals surface area contributed by atoms with Crippen molar-refractivity contribution < 1.29 is 53.8 Å². The number of halogens is 4. The van der Waals surface area contributed by atoms with E-state index in [1.54, 1.807) is 0 Å². The molecule has 3 N–H and O–H groups in total. The number of carbonyl (C=O) groups excluding carboxylic acids is 1. The molecule has 4 fully saturated rings. The van der Waals surface area contributed by atoms with E-state index in [4.69, 9.17) is 9.79 Å². The number of alkyl halides is 4. The van der Waals surface area contributed by atoms with Gasteiger partial charge in [0.1, 0.15) is 0 Å². The van der Waals surface area contributed by atoms with E-state index in [9.17, 15) is 26.6 Å². The molecule has 0 saturated heterocycles. The minimum Gasteiger partial charge on any atom is -0.355 e. The summed E-state index contributed by atoms with van der Waals surface area (Å²) in [7, 11) is -9.07. The van der Waals surface area contributed by atoms with E-state index < -0.39 is 72.4 Å². The molecular formula is C27H44F4NO8PS. The van der Waals surface area contributed by atoms with Gasteiger partial charge in [0.2, 0.25) is 11.8 Å². The fraction of sp³-hybridized carbons (Fsp3) is 0.963. The third-order valence-electron chi connectivity index (χ3n) is 11.3. The molecule has 0 aromatic heterocycles. The van der Waals surface area contributed by atoms with Crippen molar-refractivity contribution in [2.75, 3.05) is 19.1 Å². The molecule has 9 nitrogen and oxygen atoms in total. The van der Waals surface area contributed by atoms with Crippen molar-refractivity contribution in [2.24, 2.45) is 46.3 Å². The molecule has 244 valence electrons. The monoisotopic (exact) mass is 649 g/mol. The predicted molar refractivity (Wildman–Crippen MR) is 145 cm³/mol. The third-order valence-corrected chi connectivity index (χ3v) is 12.9. The molecule has 0 radical (unpaired) electrons. The number of rotatable bonds is 11. The zero-order chi connectivity index (χ0) is 31.4. The lowest BCUT2D eigenvalue weighted by Gasteiger charge is -2.63. The Kier molecular flexibility index (Phi) is 9.62. The molecule has 42 heavy (non-hydrogen) atoms. The van der Waals surface area contributed by atoms with Crippen molar-refractivity contribution in [1.29, 1.82) is 0 Å². The summed E-state index contributed by atoms with van der Waals surface area (Å²) in [5, 5.41) is 2.50. The summed E-state index contributed by atoms with van der Waals surface area (Å²) in [5.74, 6) is -8.62. The van der Waals surface area contributed by atoms with Crippen molar-refractivity contribution in [3.05, 3.63) is 0 Å². The van der Waals surface area contributed by atoms with E-state index in [-0.39, 0.29) is 60.8 Å². The van der Waals surface area contributed by atoms with Crippen molar-refractivity contribution in [2.45, 2.75) is 96.8 Å². The predicted octanol–water partition coefficient (Wildman–Crippen LogP) is 5.47. The second kappa shape index (κ2) is 11.9. The van der Waals surface area contributed by atoms with Gasteiger partial charge < -0.3 is 15.1 Å². The molecule has 8 unspecified atom stereocenters. The van der Waals surface area contributed by atoms with Crippen LogP contribution in [0.5, 0.6) is 0 Å². The van der Waals surface area contributed by atoms with Crippen LogP contribution in [0, 0.1) is 46.3 Å². The quantitative estimate of drug-likeness (QED) is 0.116. The van der Waals surface area contributed by atoms with Gasteiger partial charge in [0.15, 0.2) is 6.79 Å². The standard InChI is InChI=1S/C27H44F4NO8PS/c1-17(4-7-22(33)32-12-13-42(37,38)40-16-39-41(34,35)36)19-5-6-20-23-21(8-9-25(19,20)3)24(2)10-11-26(28,29)14-18(24)15-27(23,30)31/h17-21,23H,4-16H2,1-3H3,(H,32,33)(H2,34,35,36). The Morgan fingerprint density at radius 3 is 2.36 bits per heavy atom. The van der Waals surface area contributed by atoms with Gasteiger partial charge in [-0.1, -0.05) is 20.8 Å². The lowest BCUT2D eigenvalue weighted by molar-refractivity contribution is -0.249. The second-order valence-electron chi connectivity index (χ2n) is 13.7. The fourth-order valence-corrected chi connectivity index (χ4v) is 10.2. The summed E-state index contributed by atoms with van der Waals surface area (Å²) in [4.78, 5) is 29.6. The lowest BCUT2D eigenvalue weighted by Crippen LogP contribution is -2.61. The summed E-state index contributed by atoms with van der Waals surface area (Å²) in [6.07, 6.45) is 2.55. The first-order chi connectivity index (χ1) is 19.2. The minimum atomic E-state index is -4.88. The number of hydrogen-bond donors (Lipinski definition) is 3. The highest BCUT2D eigenvalue weighted by Crippen LogP contribution is 2.71. The van der Waals surface area contributed by atoms with Crippen LogP contribution in [0.25, 0.3) is 0 Å². The summed E-state index contributed by atoms with van der Waals surface area (Å²) in [6.45, 7) is 4.68. The molecule has 8 atom stereocenters. The molecule has 0 heterocycles. The molecular weight excluding hydrogens is 605 g/mol. The summed E-state index contributed by atoms with van der Waals surface area (Å²) in [6, 6.07) is 0. The van der Waals surface area contributed by atoms with Gasteiger partial charge in [-0.05, 0) is 78.9 Å². The van der Waals surface area contributed by atoms with E-state index in [0.717, 1.165) is 12.8 Å². The number of amides is 1. The number of carbonyl (C=O) groups is 1. The van der Waals surface area contributed by atoms with Gasteiger partial charge >= 0.3 is 7.82 Å². The molecule has 0 aliphatic heterocycles. The highest BCUT2D eigenvalue weighted by atomic mass is 32.2. The maximum Gasteiger partial charge on any atom is 0.471 e. The molecule has 0 aromatic rings. The first-order valence-corrected chi connectivity index (χ1v) is 17.9. The average molecular weight is 650 g/mol. The van der Waals surface area contributed by atoms with Gasteiger partial charge in [-0.2, -0.15) is 8.42 Å². The Bertz CT molecular complexity index is 1170. The SMILES string of the molecule is CC(CCC(=O)NCCS(=O)(=O)OCOP(=O)(O)O)C1CCC2C3C(CCC12C)C1(C)CCC(F)(F)CC1CC3(F)F. The van der Waals surface area contributed by atoms with Crippen LogP contribution in [0.4, 0.5) is 17.6 Å². The molecule has 15 heteroatoms. The maximum atomic E-state index is 15.9. The van der Waals surface area contributed by atoms with Crippen LogP contribution in [0.3, 0.4) is 0 Å². The molecule has 4 rings (SSSR count). The van der Waals surface area contributed by atoms with E-state index in [0.29, 0.717) is 19.3 Å². The van der Waals surface area contributed by atoms with Crippen LogP contribution in [-0.2, 0) is 28.2 Å². The van der Waals surface area contributed by atoms with Gasteiger partial charge in [-0.3, -0.25) is 9.32 Å². The average Bonchev–Trinajstić information content (AvgIpc) is 3.19. The summed E-state index contributed by atoms with van der Waals surface area (Å²) >= 11 is 0. The number of fused-ring (bicyclic) bond motifs is 5. The van der Waals surface area contributed by atoms with Gasteiger partial charge in [-0.15, -0.1) is 0 Å². The Morgan fingerprint density at radius 1 is 1.02 bits per heavy atom. The van der Waals surface area contributed by atoms with Crippen LogP contribution < -0.4 is 5.32 Å². The highest BCUT2D eigenvalue weighted by Gasteiger charge is 2.69. The van der Waals surface area contributed by atoms with E-state index in [2.05, 4.69) is 20.9 Å². The molecule has 4 saturated carbocycles. The van der Waals surface area contributed by atoms with E-state index in [1.165, 1.54) is 0 Å². The number of nitrogens with one attached hydrogen (secondary N) is 1. The van der Waals surface area contributed by atoms with Crippen LogP contribution in [0.15, 0.2) is 0 Å². The number of phosphoric acid groups is 1. The van der Waals surface area contributed by atoms with Gasteiger partial charge in [0.25, 0.3) is 16.0 Å². The van der Waals surface area contributed by atoms with Crippen molar-refractivity contribution in [3.63, 3.8) is 0 Å². The van der Waals surface area contributed by atoms with Gasteiger partial charge in [0, 0.05) is 38.1 Å². The first kappa shape index (κ1) is 34.1. The largest absolute Gasteiger partial charge is 0.471 e. The Labute approximate surface area is 245 Å². The van der Waals surface area contributed by atoms with Gasteiger partial charge in [0.05, 0.1) is 5.75 Å². The van der Waals surface area contributed by atoms with Crippen molar-refractivity contribution in [3.8, 4) is 0 Å². The van der Waals surface area contributed by atoms with E-state index in [1.807, 2.05) is 13.8 Å². The molecule has 4 aliphatic rings. The molecule has 0 bridgehead atoms. The third kappa shape index (κ3) is 7.19. The van der Waals surface area contributed by atoms with E-state index >= 15 is 8.78 Å². The minimum absolute atomic E-state index is 0.0630. The molecule has 0 spiro atoms. The summed E-state index contributed by atoms with van der Waals surface area (Å²) in [5.41, 5.74) is -0.828.